The second-order valence-corrected chi connectivity index (χ2v) is 7.63. The molecule has 2 atom stereocenters. The lowest BCUT2D eigenvalue weighted by Gasteiger charge is -2.44. The zero-order valence-corrected chi connectivity index (χ0v) is 14.4. The van der Waals surface area contributed by atoms with Gasteiger partial charge in [-0.25, -0.2) is 0 Å². The van der Waals surface area contributed by atoms with Crippen LogP contribution in [0.2, 0.25) is 0 Å². The minimum absolute atomic E-state index is 0.371. The standard InChI is InChI=1S/C19H26N4O/c1-24-17-6-9-22(12-17)16-2-3-18-15(10-16)11-20-23(18)19-13-21-7-4-14(19)5-8-21/h2-3,10-11,14,17,19H,4-9,12-13H2,1H3/t17?,19-/m1/s1. The maximum absolute atomic E-state index is 5.50. The molecule has 0 radical (unpaired) electrons. The quantitative estimate of drug-likeness (QED) is 0.868. The lowest BCUT2D eigenvalue weighted by atomic mass is 9.84. The van der Waals surface area contributed by atoms with Gasteiger partial charge in [-0.3, -0.25) is 4.68 Å². The molecule has 0 amide bonds. The van der Waals surface area contributed by atoms with Crippen LogP contribution in [-0.4, -0.2) is 60.6 Å². The Labute approximate surface area is 143 Å². The minimum atomic E-state index is 0.371. The lowest BCUT2D eigenvalue weighted by Crippen LogP contribution is -2.48. The Morgan fingerprint density at radius 1 is 1.08 bits per heavy atom. The van der Waals surface area contributed by atoms with Gasteiger partial charge in [-0.05, 0) is 56.5 Å². The van der Waals surface area contributed by atoms with Crippen molar-refractivity contribution in [2.45, 2.75) is 31.4 Å². The molecule has 5 heterocycles. The van der Waals surface area contributed by atoms with Gasteiger partial charge in [-0.1, -0.05) is 0 Å². The van der Waals surface area contributed by atoms with Gasteiger partial charge in [-0.15, -0.1) is 0 Å². The largest absolute Gasteiger partial charge is 0.380 e. The molecule has 5 nitrogen and oxygen atoms in total. The minimum Gasteiger partial charge on any atom is -0.380 e. The molecule has 4 aliphatic rings. The molecule has 1 aromatic heterocycles. The van der Waals surface area contributed by atoms with E-state index < -0.39 is 0 Å². The van der Waals surface area contributed by atoms with Gasteiger partial charge >= 0.3 is 0 Å². The summed E-state index contributed by atoms with van der Waals surface area (Å²) in [6.07, 6.45) is 6.20. The molecule has 0 aliphatic carbocycles. The number of hydrogen-bond donors (Lipinski definition) is 0. The maximum atomic E-state index is 5.50. The summed E-state index contributed by atoms with van der Waals surface area (Å²) in [6, 6.07) is 7.40. The summed E-state index contributed by atoms with van der Waals surface area (Å²) < 4.78 is 7.80. The third kappa shape index (κ3) is 2.33. The molecule has 0 saturated carbocycles. The van der Waals surface area contributed by atoms with E-state index in [2.05, 4.69) is 38.9 Å². The fourth-order valence-corrected chi connectivity index (χ4v) is 4.87. The molecule has 4 fully saturated rings. The molecule has 4 saturated heterocycles. The number of hydrogen-bond acceptors (Lipinski definition) is 4. The second kappa shape index (κ2) is 5.74. The highest BCUT2D eigenvalue weighted by molar-refractivity contribution is 5.83. The van der Waals surface area contributed by atoms with Crippen molar-refractivity contribution in [1.82, 2.24) is 14.7 Å². The summed E-state index contributed by atoms with van der Waals surface area (Å²) >= 11 is 0. The van der Waals surface area contributed by atoms with Crippen LogP contribution in [0.15, 0.2) is 24.4 Å². The summed E-state index contributed by atoms with van der Waals surface area (Å²) in [5, 5.41) is 6.05. The molecule has 24 heavy (non-hydrogen) atoms. The number of piperidine rings is 3. The fraction of sp³-hybridized carbons (Fsp3) is 0.632. The number of benzene rings is 1. The summed E-state index contributed by atoms with van der Waals surface area (Å²) in [5.74, 6) is 0.804. The van der Waals surface area contributed by atoms with Crippen LogP contribution >= 0.6 is 0 Å². The highest BCUT2D eigenvalue weighted by Gasteiger charge is 2.36. The molecule has 4 aliphatic heterocycles. The van der Waals surface area contributed by atoms with E-state index in [1.807, 2.05) is 7.11 Å². The predicted octanol–water partition coefficient (Wildman–Crippen LogP) is 2.53. The average Bonchev–Trinajstić information content (AvgIpc) is 3.29. The molecule has 5 heteroatoms. The highest BCUT2D eigenvalue weighted by atomic mass is 16.5. The number of anilines is 1. The molecule has 6 rings (SSSR count). The van der Waals surface area contributed by atoms with Crippen LogP contribution in [0.5, 0.6) is 0 Å². The van der Waals surface area contributed by atoms with Gasteiger partial charge < -0.3 is 14.5 Å². The molecular formula is C19H26N4O. The first-order chi connectivity index (χ1) is 11.8. The summed E-state index contributed by atoms with van der Waals surface area (Å²) in [7, 11) is 1.81. The van der Waals surface area contributed by atoms with E-state index in [1.54, 1.807) is 0 Å². The van der Waals surface area contributed by atoms with E-state index in [-0.39, 0.29) is 0 Å². The Hall–Kier alpha value is -1.59. The smallest absolute Gasteiger partial charge is 0.0762 e. The first kappa shape index (κ1) is 14.7. The maximum Gasteiger partial charge on any atom is 0.0762 e. The number of fused-ring (bicyclic) bond motifs is 4. The van der Waals surface area contributed by atoms with Crippen LogP contribution in [0.4, 0.5) is 5.69 Å². The van der Waals surface area contributed by atoms with Crippen molar-refractivity contribution in [1.29, 1.82) is 0 Å². The molecule has 1 aromatic carbocycles. The predicted molar refractivity (Wildman–Crippen MR) is 95.6 cm³/mol. The van der Waals surface area contributed by atoms with Crippen molar-refractivity contribution in [2.75, 3.05) is 44.7 Å². The molecule has 0 N–H and O–H groups in total. The Morgan fingerprint density at radius 3 is 2.67 bits per heavy atom. The SMILES string of the molecule is COC1CCN(c2ccc3c(cnn3[C@@H]3CN4CCC3CC4)c2)C1. The van der Waals surface area contributed by atoms with Crippen molar-refractivity contribution < 1.29 is 4.74 Å². The highest BCUT2D eigenvalue weighted by Crippen LogP contribution is 2.37. The van der Waals surface area contributed by atoms with E-state index in [4.69, 9.17) is 9.84 Å². The molecule has 0 spiro atoms. The van der Waals surface area contributed by atoms with Crippen molar-refractivity contribution in [3.05, 3.63) is 24.4 Å². The number of nitrogens with zero attached hydrogens (tertiary/aromatic N) is 4. The third-order valence-corrected chi connectivity index (χ3v) is 6.36. The Morgan fingerprint density at radius 2 is 1.96 bits per heavy atom. The van der Waals surface area contributed by atoms with Crippen molar-refractivity contribution in [3.63, 3.8) is 0 Å². The second-order valence-electron chi connectivity index (χ2n) is 7.63. The van der Waals surface area contributed by atoms with Crippen LogP contribution < -0.4 is 4.90 Å². The molecule has 128 valence electrons. The monoisotopic (exact) mass is 326 g/mol. The van der Waals surface area contributed by atoms with E-state index in [0.29, 0.717) is 12.1 Å². The topological polar surface area (TPSA) is 33.5 Å². The number of ether oxygens (including phenoxy) is 1. The van der Waals surface area contributed by atoms with Crippen molar-refractivity contribution in [2.24, 2.45) is 5.92 Å². The van der Waals surface area contributed by atoms with Gasteiger partial charge in [0.25, 0.3) is 0 Å². The number of rotatable bonds is 3. The van der Waals surface area contributed by atoms with Crippen molar-refractivity contribution >= 4 is 16.6 Å². The molecule has 2 bridgehead atoms. The van der Waals surface area contributed by atoms with E-state index in [0.717, 1.165) is 25.4 Å². The number of aromatic nitrogens is 2. The van der Waals surface area contributed by atoms with Gasteiger partial charge in [-0.2, -0.15) is 5.10 Å². The normalized spacial score (nSPS) is 32.8. The number of methoxy groups -OCH3 is 1. The first-order valence-electron chi connectivity index (χ1n) is 9.29. The Balaban J connectivity index is 1.44. The molecule has 2 aromatic rings. The fourth-order valence-electron chi connectivity index (χ4n) is 4.87. The van der Waals surface area contributed by atoms with Gasteiger partial charge in [0.1, 0.15) is 0 Å². The Bertz CT molecular complexity index is 734. The van der Waals surface area contributed by atoms with Crippen LogP contribution in [0.1, 0.15) is 25.3 Å². The van der Waals surface area contributed by atoms with Gasteiger partial charge in [0.15, 0.2) is 0 Å². The zero-order chi connectivity index (χ0) is 16.1. The van der Waals surface area contributed by atoms with E-state index in [9.17, 15) is 0 Å². The van der Waals surface area contributed by atoms with E-state index >= 15 is 0 Å². The van der Waals surface area contributed by atoms with Gasteiger partial charge in [0, 0.05) is 37.8 Å². The molecular weight excluding hydrogens is 300 g/mol. The summed E-state index contributed by atoms with van der Waals surface area (Å²) in [6.45, 7) is 5.80. The summed E-state index contributed by atoms with van der Waals surface area (Å²) in [5.41, 5.74) is 2.59. The summed E-state index contributed by atoms with van der Waals surface area (Å²) in [4.78, 5) is 5.03. The van der Waals surface area contributed by atoms with Gasteiger partial charge in [0.05, 0.1) is 23.9 Å². The van der Waals surface area contributed by atoms with Crippen LogP contribution in [0, 0.1) is 5.92 Å². The van der Waals surface area contributed by atoms with Gasteiger partial charge in [0.2, 0.25) is 0 Å². The van der Waals surface area contributed by atoms with E-state index in [1.165, 1.54) is 49.1 Å². The first-order valence-corrected chi connectivity index (χ1v) is 9.29. The zero-order valence-electron chi connectivity index (χ0n) is 14.4. The molecule has 1 unspecified atom stereocenters. The van der Waals surface area contributed by atoms with Crippen LogP contribution in [0.3, 0.4) is 0 Å². The van der Waals surface area contributed by atoms with Crippen LogP contribution in [-0.2, 0) is 4.74 Å². The average molecular weight is 326 g/mol. The lowest BCUT2D eigenvalue weighted by molar-refractivity contribution is 0.0534. The Kier molecular flexibility index (Phi) is 3.52. The van der Waals surface area contributed by atoms with Crippen LogP contribution in [0.25, 0.3) is 10.9 Å². The van der Waals surface area contributed by atoms with Crippen molar-refractivity contribution in [3.8, 4) is 0 Å². The third-order valence-electron chi connectivity index (χ3n) is 6.36.